The highest BCUT2D eigenvalue weighted by atomic mass is 16.1. The van der Waals surface area contributed by atoms with Gasteiger partial charge in [-0.3, -0.25) is 14.7 Å². The first-order valence-corrected chi connectivity index (χ1v) is 7.99. The lowest BCUT2D eigenvalue weighted by atomic mass is 10.2. The van der Waals surface area contributed by atoms with Crippen LogP contribution in [0.5, 0.6) is 0 Å². The molecule has 3 rings (SSSR count). The van der Waals surface area contributed by atoms with E-state index in [-0.39, 0.29) is 17.9 Å². The van der Waals surface area contributed by atoms with Gasteiger partial charge in [0.15, 0.2) is 5.82 Å². The predicted molar refractivity (Wildman–Crippen MR) is 95.2 cm³/mol. The minimum atomic E-state index is -0.142. The Morgan fingerprint density at radius 1 is 1.16 bits per heavy atom. The third-order valence-electron chi connectivity index (χ3n) is 3.85. The van der Waals surface area contributed by atoms with Crippen molar-refractivity contribution in [2.75, 3.05) is 5.32 Å². The lowest BCUT2D eigenvalue weighted by Gasteiger charge is -2.10. The van der Waals surface area contributed by atoms with Crippen LogP contribution in [0.1, 0.15) is 17.9 Å². The third-order valence-corrected chi connectivity index (χ3v) is 3.85. The summed E-state index contributed by atoms with van der Waals surface area (Å²) in [6.45, 7) is 4.04. The number of carbonyl (C=O) groups excluding carboxylic acids is 1. The summed E-state index contributed by atoms with van der Waals surface area (Å²) in [7, 11) is 0. The molecular weight excluding hydrogens is 318 g/mol. The van der Waals surface area contributed by atoms with Crippen molar-refractivity contribution in [1.29, 1.82) is 0 Å². The van der Waals surface area contributed by atoms with Gasteiger partial charge in [0, 0.05) is 36.0 Å². The Labute approximate surface area is 144 Å². The van der Waals surface area contributed by atoms with Crippen molar-refractivity contribution in [1.82, 2.24) is 19.7 Å². The SMILES string of the molecule is Cc1nc(-c2ccc(NC(=O)CCn3c(C)cccc3=O)cc2)n[nH]1. The molecule has 2 N–H and O–H groups in total. The van der Waals surface area contributed by atoms with Crippen molar-refractivity contribution in [3.63, 3.8) is 0 Å². The summed E-state index contributed by atoms with van der Waals surface area (Å²) in [5, 5.41) is 9.73. The van der Waals surface area contributed by atoms with Crippen LogP contribution in [0, 0.1) is 13.8 Å². The van der Waals surface area contributed by atoms with Crippen LogP contribution in [0.4, 0.5) is 5.69 Å². The highest BCUT2D eigenvalue weighted by Crippen LogP contribution is 2.18. The molecule has 0 aliphatic heterocycles. The van der Waals surface area contributed by atoms with E-state index in [4.69, 9.17) is 0 Å². The summed E-state index contributed by atoms with van der Waals surface area (Å²) in [5.74, 6) is 1.23. The fourth-order valence-electron chi connectivity index (χ4n) is 2.52. The number of nitrogens with zero attached hydrogens (tertiary/aromatic N) is 3. The van der Waals surface area contributed by atoms with Gasteiger partial charge in [-0.05, 0) is 44.2 Å². The minimum absolute atomic E-state index is 0.0982. The van der Waals surface area contributed by atoms with Gasteiger partial charge in [-0.1, -0.05) is 6.07 Å². The van der Waals surface area contributed by atoms with Crippen molar-refractivity contribution in [2.24, 2.45) is 0 Å². The maximum absolute atomic E-state index is 12.1. The van der Waals surface area contributed by atoms with Gasteiger partial charge in [0.2, 0.25) is 5.91 Å². The average Bonchev–Trinajstić information content (AvgIpc) is 3.01. The van der Waals surface area contributed by atoms with Crippen LogP contribution in [0.3, 0.4) is 0 Å². The van der Waals surface area contributed by atoms with E-state index < -0.39 is 0 Å². The third kappa shape index (κ3) is 4.00. The lowest BCUT2D eigenvalue weighted by molar-refractivity contribution is -0.116. The van der Waals surface area contributed by atoms with Crippen LogP contribution in [-0.2, 0) is 11.3 Å². The van der Waals surface area contributed by atoms with Gasteiger partial charge < -0.3 is 9.88 Å². The summed E-state index contributed by atoms with van der Waals surface area (Å²) in [6, 6.07) is 12.4. The molecule has 0 saturated heterocycles. The molecule has 0 atom stereocenters. The highest BCUT2D eigenvalue weighted by molar-refractivity contribution is 5.90. The number of carbonyl (C=O) groups is 1. The Bertz CT molecular complexity index is 941. The normalized spacial score (nSPS) is 10.6. The molecule has 128 valence electrons. The first kappa shape index (κ1) is 16.6. The van der Waals surface area contributed by atoms with E-state index in [0.717, 1.165) is 17.1 Å². The van der Waals surface area contributed by atoms with Gasteiger partial charge >= 0.3 is 0 Å². The number of H-pyrrole nitrogens is 1. The molecule has 7 heteroatoms. The zero-order chi connectivity index (χ0) is 17.8. The number of benzene rings is 1. The van der Waals surface area contributed by atoms with E-state index in [0.29, 0.717) is 18.1 Å². The van der Waals surface area contributed by atoms with Crippen LogP contribution < -0.4 is 10.9 Å². The second-order valence-corrected chi connectivity index (χ2v) is 5.78. The molecule has 0 spiro atoms. The second kappa shape index (κ2) is 7.12. The number of hydrogen-bond donors (Lipinski definition) is 2. The molecular formula is C18H19N5O2. The number of anilines is 1. The van der Waals surface area contributed by atoms with Gasteiger partial charge in [-0.2, -0.15) is 5.10 Å². The van der Waals surface area contributed by atoms with E-state index in [2.05, 4.69) is 20.5 Å². The Hall–Kier alpha value is -3.22. The van der Waals surface area contributed by atoms with E-state index in [9.17, 15) is 9.59 Å². The van der Waals surface area contributed by atoms with Crippen molar-refractivity contribution >= 4 is 11.6 Å². The average molecular weight is 337 g/mol. The molecule has 3 aromatic rings. The number of nitrogens with one attached hydrogen (secondary N) is 2. The Kier molecular flexibility index (Phi) is 4.74. The van der Waals surface area contributed by atoms with E-state index in [1.807, 2.05) is 32.0 Å². The van der Waals surface area contributed by atoms with Crippen LogP contribution in [0.25, 0.3) is 11.4 Å². The van der Waals surface area contributed by atoms with Gasteiger partial charge in [0.1, 0.15) is 5.82 Å². The molecule has 25 heavy (non-hydrogen) atoms. The zero-order valence-electron chi connectivity index (χ0n) is 14.1. The Morgan fingerprint density at radius 2 is 1.92 bits per heavy atom. The Balaban J connectivity index is 1.60. The summed E-state index contributed by atoms with van der Waals surface area (Å²) in [5.41, 5.74) is 2.30. The quantitative estimate of drug-likeness (QED) is 0.747. The largest absolute Gasteiger partial charge is 0.326 e. The molecule has 7 nitrogen and oxygen atoms in total. The van der Waals surface area contributed by atoms with Gasteiger partial charge in [-0.25, -0.2) is 4.98 Å². The second-order valence-electron chi connectivity index (χ2n) is 5.78. The number of hydrogen-bond acceptors (Lipinski definition) is 4. The van der Waals surface area contributed by atoms with Crippen molar-refractivity contribution < 1.29 is 4.79 Å². The molecule has 0 unspecified atom stereocenters. The highest BCUT2D eigenvalue weighted by Gasteiger charge is 2.07. The van der Waals surface area contributed by atoms with Crippen LogP contribution in [0.2, 0.25) is 0 Å². The van der Waals surface area contributed by atoms with Crippen LogP contribution in [-0.4, -0.2) is 25.7 Å². The molecule has 2 heterocycles. The summed E-state index contributed by atoms with van der Waals surface area (Å²) in [6.07, 6.45) is 0.229. The maximum atomic E-state index is 12.1. The van der Waals surface area contributed by atoms with Crippen molar-refractivity contribution in [3.8, 4) is 11.4 Å². The minimum Gasteiger partial charge on any atom is -0.326 e. The number of pyridine rings is 1. The predicted octanol–water partition coefficient (Wildman–Crippen LogP) is 2.28. The number of amides is 1. The van der Waals surface area contributed by atoms with Gasteiger partial charge in [0.05, 0.1) is 0 Å². The molecule has 1 amide bonds. The standard InChI is InChI=1S/C18H19N5O2/c1-12-4-3-5-17(25)23(12)11-10-16(24)20-15-8-6-14(7-9-15)18-19-13(2)21-22-18/h3-9H,10-11H2,1-2H3,(H,20,24)(H,19,21,22). The molecule has 0 aliphatic rings. The fourth-order valence-corrected chi connectivity index (χ4v) is 2.52. The summed E-state index contributed by atoms with van der Waals surface area (Å²) >= 11 is 0. The molecule has 0 radical (unpaired) electrons. The van der Waals surface area contributed by atoms with Crippen molar-refractivity contribution in [2.45, 2.75) is 26.8 Å². The lowest BCUT2D eigenvalue weighted by Crippen LogP contribution is -2.24. The summed E-state index contributed by atoms with van der Waals surface area (Å²) < 4.78 is 1.59. The first-order valence-electron chi connectivity index (χ1n) is 7.99. The molecule has 0 fully saturated rings. The van der Waals surface area contributed by atoms with Crippen LogP contribution in [0.15, 0.2) is 47.3 Å². The first-order chi connectivity index (χ1) is 12.0. The van der Waals surface area contributed by atoms with Crippen molar-refractivity contribution in [3.05, 3.63) is 64.3 Å². The van der Waals surface area contributed by atoms with Gasteiger partial charge in [-0.15, -0.1) is 0 Å². The van der Waals surface area contributed by atoms with E-state index in [1.165, 1.54) is 6.07 Å². The zero-order valence-corrected chi connectivity index (χ0v) is 14.1. The molecule has 1 aromatic carbocycles. The Morgan fingerprint density at radius 3 is 2.56 bits per heavy atom. The maximum Gasteiger partial charge on any atom is 0.250 e. The molecule has 0 saturated carbocycles. The number of rotatable bonds is 5. The topological polar surface area (TPSA) is 92.7 Å². The fraction of sp³-hybridized carbons (Fsp3) is 0.222. The number of aromatic nitrogens is 4. The van der Waals surface area contributed by atoms with Gasteiger partial charge in [0.25, 0.3) is 5.56 Å². The van der Waals surface area contributed by atoms with Crippen LogP contribution >= 0.6 is 0 Å². The summed E-state index contributed by atoms with van der Waals surface area (Å²) in [4.78, 5) is 28.2. The molecule has 0 aliphatic carbocycles. The molecule has 0 bridgehead atoms. The smallest absolute Gasteiger partial charge is 0.250 e. The number of aromatic amines is 1. The number of aryl methyl sites for hydroxylation is 2. The monoisotopic (exact) mass is 337 g/mol. The van der Waals surface area contributed by atoms with E-state index >= 15 is 0 Å². The molecule has 2 aromatic heterocycles. The van der Waals surface area contributed by atoms with E-state index in [1.54, 1.807) is 22.8 Å².